The third kappa shape index (κ3) is 4.81. The van der Waals surface area contributed by atoms with Crippen LogP contribution in [0.1, 0.15) is 18.4 Å². The third-order valence-electron chi connectivity index (χ3n) is 3.14. The van der Waals surface area contributed by atoms with Crippen molar-refractivity contribution in [3.63, 3.8) is 0 Å². The van der Waals surface area contributed by atoms with Gasteiger partial charge in [0.2, 0.25) is 5.91 Å². The predicted molar refractivity (Wildman–Crippen MR) is 87.6 cm³/mol. The maximum atomic E-state index is 11.8. The smallest absolute Gasteiger partial charge is 0.310 e. The monoisotopic (exact) mass is 325 g/mol. The molecule has 2 aromatic carbocycles. The topological polar surface area (TPSA) is 105 Å². The van der Waals surface area contributed by atoms with Crippen molar-refractivity contribution in [2.24, 2.45) is 0 Å². The lowest BCUT2D eigenvalue weighted by atomic mass is 10.2. The van der Waals surface area contributed by atoms with Crippen LogP contribution in [0.5, 0.6) is 5.75 Å². The number of hydrogen-bond acceptors (Lipinski definition) is 5. The first-order chi connectivity index (χ1) is 11.6. The van der Waals surface area contributed by atoms with Gasteiger partial charge in [-0.3, -0.25) is 14.9 Å². The molecule has 122 valence electrons. The highest BCUT2D eigenvalue weighted by molar-refractivity contribution is 5.90. The Labute approximate surface area is 138 Å². The molecule has 0 saturated carbocycles. The summed E-state index contributed by atoms with van der Waals surface area (Å²) in [7, 11) is 0. The van der Waals surface area contributed by atoms with Gasteiger partial charge in [0.05, 0.1) is 23.2 Å². The summed E-state index contributed by atoms with van der Waals surface area (Å²) in [5.41, 5.74) is 0.918. The number of amides is 1. The second-order valence-corrected chi connectivity index (χ2v) is 4.92. The van der Waals surface area contributed by atoms with Crippen molar-refractivity contribution in [3.05, 3.63) is 64.2 Å². The summed E-state index contributed by atoms with van der Waals surface area (Å²) in [5.74, 6) is -0.0270. The summed E-state index contributed by atoms with van der Waals surface area (Å²) in [6.07, 6.45) is 0.618. The molecule has 2 rings (SSSR count). The van der Waals surface area contributed by atoms with Gasteiger partial charge in [0.15, 0.2) is 5.75 Å². The van der Waals surface area contributed by atoms with Crippen molar-refractivity contribution >= 4 is 17.3 Å². The van der Waals surface area contributed by atoms with Crippen LogP contribution >= 0.6 is 0 Å². The van der Waals surface area contributed by atoms with E-state index >= 15 is 0 Å². The normalized spacial score (nSPS) is 9.79. The van der Waals surface area contributed by atoms with E-state index in [1.54, 1.807) is 36.4 Å². The summed E-state index contributed by atoms with van der Waals surface area (Å²) in [5, 5.41) is 22.4. The number of benzene rings is 2. The van der Waals surface area contributed by atoms with Gasteiger partial charge in [-0.15, -0.1) is 0 Å². The van der Waals surface area contributed by atoms with Crippen LogP contribution in [0.4, 0.5) is 11.4 Å². The quantitative estimate of drug-likeness (QED) is 0.478. The van der Waals surface area contributed by atoms with Crippen molar-refractivity contribution in [1.29, 1.82) is 5.26 Å². The average molecular weight is 325 g/mol. The fourth-order valence-corrected chi connectivity index (χ4v) is 2.03. The van der Waals surface area contributed by atoms with Gasteiger partial charge in [0.1, 0.15) is 0 Å². The Morgan fingerprint density at radius 2 is 2.04 bits per heavy atom. The van der Waals surface area contributed by atoms with Gasteiger partial charge in [0, 0.05) is 18.2 Å². The van der Waals surface area contributed by atoms with Crippen molar-refractivity contribution in [1.82, 2.24) is 0 Å². The number of nitro groups is 1. The Bertz CT molecular complexity index is 783. The molecule has 0 fully saturated rings. The number of rotatable bonds is 7. The summed E-state index contributed by atoms with van der Waals surface area (Å²) in [6, 6.07) is 14.7. The maximum absolute atomic E-state index is 11.8. The first kappa shape index (κ1) is 17.0. The lowest BCUT2D eigenvalue weighted by molar-refractivity contribution is -0.385. The number of nitrogens with one attached hydrogen (secondary N) is 1. The molecule has 0 atom stereocenters. The van der Waals surface area contributed by atoms with Crippen LogP contribution in [0.3, 0.4) is 0 Å². The highest BCUT2D eigenvalue weighted by Crippen LogP contribution is 2.25. The van der Waals surface area contributed by atoms with Gasteiger partial charge in [-0.25, -0.2) is 0 Å². The fourth-order valence-electron chi connectivity index (χ4n) is 2.03. The molecule has 1 N–H and O–H groups in total. The van der Waals surface area contributed by atoms with E-state index in [1.807, 2.05) is 6.07 Å². The Hall–Kier alpha value is -3.40. The van der Waals surface area contributed by atoms with Gasteiger partial charge in [0.25, 0.3) is 0 Å². The predicted octanol–water partition coefficient (Wildman–Crippen LogP) is 3.26. The molecule has 0 unspecified atom stereocenters. The van der Waals surface area contributed by atoms with Crippen LogP contribution in [0.2, 0.25) is 0 Å². The molecule has 0 aliphatic heterocycles. The van der Waals surface area contributed by atoms with Crippen LogP contribution < -0.4 is 10.1 Å². The van der Waals surface area contributed by atoms with Gasteiger partial charge in [-0.1, -0.05) is 18.2 Å². The van der Waals surface area contributed by atoms with E-state index < -0.39 is 4.92 Å². The van der Waals surface area contributed by atoms with Crippen LogP contribution in [0, 0.1) is 21.4 Å². The van der Waals surface area contributed by atoms with Crippen LogP contribution in [0.15, 0.2) is 48.5 Å². The van der Waals surface area contributed by atoms with Gasteiger partial charge in [-0.05, 0) is 30.7 Å². The molecule has 0 radical (unpaired) electrons. The highest BCUT2D eigenvalue weighted by atomic mass is 16.6. The Balaban J connectivity index is 1.79. The maximum Gasteiger partial charge on any atom is 0.310 e. The molecule has 7 heteroatoms. The fraction of sp³-hybridized carbons (Fsp3) is 0.176. The van der Waals surface area contributed by atoms with Crippen molar-refractivity contribution < 1.29 is 14.5 Å². The number of carbonyl (C=O) groups is 1. The molecule has 0 saturated heterocycles. The Morgan fingerprint density at radius 3 is 2.79 bits per heavy atom. The van der Waals surface area contributed by atoms with E-state index in [-0.39, 0.29) is 30.4 Å². The van der Waals surface area contributed by atoms with Crippen molar-refractivity contribution in [3.8, 4) is 11.8 Å². The molecule has 0 bridgehead atoms. The molecule has 24 heavy (non-hydrogen) atoms. The van der Waals surface area contributed by atoms with E-state index in [0.717, 1.165) is 0 Å². The standard InChI is InChI=1S/C17H15N3O4/c18-12-13-5-3-6-14(11-13)19-17(21)9-4-10-24-16-8-2-1-7-15(16)20(22)23/h1-3,5-8,11H,4,9-10H2,(H,19,21). The minimum absolute atomic E-state index is 0.102. The number of ether oxygens (including phenoxy) is 1. The van der Waals surface area contributed by atoms with E-state index in [9.17, 15) is 14.9 Å². The van der Waals surface area contributed by atoms with E-state index in [0.29, 0.717) is 17.7 Å². The van der Waals surface area contributed by atoms with Crippen LogP contribution in [-0.4, -0.2) is 17.4 Å². The number of anilines is 1. The Morgan fingerprint density at radius 1 is 1.25 bits per heavy atom. The average Bonchev–Trinajstić information content (AvgIpc) is 2.59. The zero-order chi connectivity index (χ0) is 17.4. The Kier molecular flexibility index (Phi) is 5.86. The highest BCUT2D eigenvalue weighted by Gasteiger charge is 2.13. The summed E-state index contributed by atoms with van der Waals surface area (Å²) < 4.78 is 5.37. The van der Waals surface area contributed by atoms with Crippen molar-refractivity contribution in [2.75, 3.05) is 11.9 Å². The van der Waals surface area contributed by atoms with Crippen molar-refractivity contribution in [2.45, 2.75) is 12.8 Å². The van der Waals surface area contributed by atoms with Gasteiger partial charge in [-0.2, -0.15) is 5.26 Å². The molecule has 0 heterocycles. The molecule has 1 amide bonds. The zero-order valence-corrected chi connectivity index (χ0v) is 12.8. The van der Waals surface area contributed by atoms with E-state index in [1.165, 1.54) is 12.1 Å². The molecule has 0 aliphatic rings. The molecule has 0 spiro atoms. The summed E-state index contributed by atoms with van der Waals surface area (Å²) in [6.45, 7) is 0.191. The molecule has 7 nitrogen and oxygen atoms in total. The van der Waals surface area contributed by atoms with Gasteiger partial charge < -0.3 is 10.1 Å². The van der Waals surface area contributed by atoms with E-state index in [2.05, 4.69) is 5.32 Å². The number of hydrogen-bond donors (Lipinski definition) is 1. The summed E-state index contributed by atoms with van der Waals surface area (Å²) in [4.78, 5) is 22.2. The number of para-hydroxylation sites is 2. The molecule has 0 aliphatic carbocycles. The zero-order valence-electron chi connectivity index (χ0n) is 12.8. The third-order valence-corrected chi connectivity index (χ3v) is 3.14. The molecular formula is C17H15N3O4. The van der Waals surface area contributed by atoms with Crippen LogP contribution in [-0.2, 0) is 4.79 Å². The SMILES string of the molecule is N#Cc1cccc(NC(=O)CCCOc2ccccc2[N+](=O)[O-])c1. The number of nitro benzene ring substituents is 1. The number of nitriles is 1. The minimum atomic E-state index is -0.510. The minimum Gasteiger partial charge on any atom is -0.487 e. The second-order valence-electron chi connectivity index (χ2n) is 4.92. The number of nitrogens with zero attached hydrogens (tertiary/aromatic N) is 2. The number of carbonyl (C=O) groups excluding carboxylic acids is 1. The summed E-state index contributed by atoms with van der Waals surface area (Å²) >= 11 is 0. The first-order valence-corrected chi connectivity index (χ1v) is 7.26. The second kappa shape index (κ2) is 8.29. The molecule has 0 aromatic heterocycles. The molecular weight excluding hydrogens is 310 g/mol. The lowest BCUT2D eigenvalue weighted by Gasteiger charge is -2.07. The largest absolute Gasteiger partial charge is 0.487 e. The first-order valence-electron chi connectivity index (χ1n) is 7.26. The lowest BCUT2D eigenvalue weighted by Crippen LogP contribution is -2.13. The van der Waals surface area contributed by atoms with Crippen LogP contribution in [0.25, 0.3) is 0 Å². The molecule has 2 aromatic rings. The van der Waals surface area contributed by atoms with Gasteiger partial charge >= 0.3 is 5.69 Å². The van der Waals surface area contributed by atoms with E-state index in [4.69, 9.17) is 10.00 Å².